The molecule has 0 aromatic carbocycles. The van der Waals surface area contributed by atoms with Crippen LogP contribution in [0.15, 0.2) is 47.5 Å². The third kappa shape index (κ3) is 3.08. The van der Waals surface area contributed by atoms with E-state index in [9.17, 15) is 9.59 Å². The minimum Gasteiger partial charge on any atom is -0.340 e. The van der Waals surface area contributed by atoms with Crippen LogP contribution in [0.4, 0.5) is 0 Å². The number of rotatable bonds is 3. The van der Waals surface area contributed by atoms with Gasteiger partial charge in [0, 0.05) is 31.9 Å². The molecule has 0 bridgehead atoms. The zero-order valence-corrected chi connectivity index (χ0v) is 17.1. The minimum absolute atomic E-state index is 0.145. The predicted octanol–water partition coefficient (Wildman–Crippen LogP) is 2.13. The molecule has 5 heterocycles. The van der Waals surface area contributed by atoms with Gasteiger partial charge in [-0.3, -0.25) is 13.9 Å². The smallest absolute Gasteiger partial charge is 0.330 e. The molecule has 1 saturated heterocycles. The van der Waals surface area contributed by atoms with Crippen LogP contribution in [0.5, 0.6) is 0 Å². The number of carbonyl (C=O) groups excluding carboxylic acids is 1. The molecule has 0 aliphatic carbocycles. The summed E-state index contributed by atoms with van der Waals surface area (Å²) < 4.78 is 5.09. The third-order valence-corrected chi connectivity index (χ3v) is 5.98. The van der Waals surface area contributed by atoms with E-state index >= 15 is 0 Å². The molecule has 9 nitrogen and oxygen atoms in total. The Labute approximate surface area is 177 Å². The number of carbonyl (C=O) groups is 1. The average Bonchev–Trinajstić information content (AvgIpc) is 3.33. The normalized spacial score (nSPS) is 16.6. The highest BCUT2D eigenvalue weighted by atomic mass is 16.2. The van der Waals surface area contributed by atoms with E-state index in [4.69, 9.17) is 10.2 Å². The number of amides is 1. The van der Waals surface area contributed by atoms with Gasteiger partial charge in [-0.25, -0.2) is 14.3 Å². The molecule has 9 heteroatoms. The standard InChI is InChI=1S/C22H21N7O2/c1-26-19-8-7-17(16-13-24-28-12-3-2-6-18(16)28)25-21(19)29(22(26)31)15-5-4-11-27(14-15)20(30)9-10-23/h2-3,6-8,12-13,15H,4-5,9,11,14H2,1H3. The second-order valence-electron chi connectivity index (χ2n) is 7.81. The Hall–Kier alpha value is -3.93. The molecule has 0 N–H and O–H groups in total. The summed E-state index contributed by atoms with van der Waals surface area (Å²) in [6.45, 7) is 1.01. The third-order valence-electron chi connectivity index (χ3n) is 5.98. The maximum absolute atomic E-state index is 13.1. The van der Waals surface area contributed by atoms with Gasteiger partial charge in [-0.15, -0.1) is 0 Å². The number of fused-ring (bicyclic) bond motifs is 2. The molecule has 0 spiro atoms. The number of hydrogen-bond donors (Lipinski definition) is 0. The van der Waals surface area contributed by atoms with Crippen molar-refractivity contribution in [3.05, 3.63) is 53.2 Å². The molecule has 0 saturated carbocycles. The van der Waals surface area contributed by atoms with Crippen LogP contribution in [-0.4, -0.2) is 47.6 Å². The summed E-state index contributed by atoms with van der Waals surface area (Å²) >= 11 is 0. The van der Waals surface area contributed by atoms with E-state index < -0.39 is 0 Å². The van der Waals surface area contributed by atoms with Crippen LogP contribution in [0, 0.1) is 11.3 Å². The first kappa shape index (κ1) is 19.1. The number of aromatic nitrogens is 5. The van der Waals surface area contributed by atoms with Crippen LogP contribution in [0.25, 0.3) is 27.9 Å². The Morgan fingerprint density at radius 3 is 2.97 bits per heavy atom. The highest BCUT2D eigenvalue weighted by Gasteiger charge is 2.28. The van der Waals surface area contributed by atoms with Gasteiger partial charge in [0.15, 0.2) is 5.65 Å². The summed E-state index contributed by atoms with van der Waals surface area (Å²) in [6.07, 6.45) is 5.06. The zero-order chi connectivity index (χ0) is 21.5. The lowest BCUT2D eigenvalue weighted by Gasteiger charge is -2.32. The number of pyridine rings is 2. The van der Waals surface area contributed by atoms with Crippen molar-refractivity contribution in [2.24, 2.45) is 7.05 Å². The van der Waals surface area contributed by atoms with Gasteiger partial charge in [-0.2, -0.15) is 10.4 Å². The zero-order valence-electron chi connectivity index (χ0n) is 17.1. The van der Waals surface area contributed by atoms with Crippen LogP contribution in [0.2, 0.25) is 0 Å². The Balaban J connectivity index is 1.61. The van der Waals surface area contributed by atoms with Crippen LogP contribution < -0.4 is 5.69 Å². The van der Waals surface area contributed by atoms with Crippen LogP contribution >= 0.6 is 0 Å². The maximum atomic E-state index is 13.1. The molecule has 31 heavy (non-hydrogen) atoms. The van der Waals surface area contributed by atoms with Gasteiger partial charge >= 0.3 is 5.69 Å². The SMILES string of the molecule is Cn1c(=O)n(C2CCCN(C(=O)CC#N)C2)c2nc(-c3cnn4ccccc34)ccc21. The van der Waals surface area contributed by atoms with Crippen LogP contribution in [0.1, 0.15) is 25.3 Å². The highest BCUT2D eigenvalue weighted by Crippen LogP contribution is 2.28. The van der Waals surface area contributed by atoms with E-state index in [1.807, 2.05) is 42.6 Å². The van der Waals surface area contributed by atoms with E-state index in [1.54, 1.807) is 31.8 Å². The molecular weight excluding hydrogens is 394 g/mol. The summed E-state index contributed by atoms with van der Waals surface area (Å²) in [6, 6.07) is 11.4. The molecule has 1 aliphatic rings. The maximum Gasteiger partial charge on any atom is 0.330 e. The lowest BCUT2D eigenvalue weighted by Crippen LogP contribution is -2.42. The van der Waals surface area contributed by atoms with E-state index in [2.05, 4.69) is 5.10 Å². The first-order valence-electron chi connectivity index (χ1n) is 10.2. The van der Waals surface area contributed by atoms with Gasteiger partial charge in [0.2, 0.25) is 5.91 Å². The number of hydrogen-bond acceptors (Lipinski definition) is 5. The van der Waals surface area contributed by atoms with Gasteiger partial charge in [-0.1, -0.05) is 6.07 Å². The highest BCUT2D eigenvalue weighted by molar-refractivity contribution is 5.82. The second-order valence-corrected chi connectivity index (χ2v) is 7.81. The van der Waals surface area contributed by atoms with Crippen molar-refractivity contribution in [1.82, 2.24) is 28.6 Å². The van der Waals surface area contributed by atoms with Crippen molar-refractivity contribution in [1.29, 1.82) is 5.26 Å². The first-order valence-corrected chi connectivity index (χ1v) is 10.2. The van der Waals surface area contributed by atoms with Gasteiger partial charge in [0.05, 0.1) is 35.0 Å². The molecule has 5 rings (SSSR count). The van der Waals surface area contributed by atoms with Gasteiger partial charge in [0.1, 0.15) is 6.42 Å². The Morgan fingerprint density at radius 2 is 2.13 bits per heavy atom. The molecule has 1 aliphatic heterocycles. The number of piperidine rings is 1. The summed E-state index contributed by atoms with van der Waals surface area (Å²) in [4.78, 5) is 31.9. The fourth-order valence-corrected chi connectivity index (χ4v) is 4.42. The molecule has 1 amide bonds. The predicted molar refractivity (Wildman–Crippen MR) is 114 cm³/mol. The van der Waals surface area contributed by atoms with Crippen LogP contribution in [-0.2, 0) is 11.8 Å². The van der Waals surface area contributed by atoms with Crippen molar-refractivity contribution < 1.29 is 4.79 Å². The second kappa shape index (κ2) is 7.40. The average molecular weight is 415 g/mol. The summed E-state index contributed by atoms with van der Waals surface area (Å²) in [7, 11) is 1.74. The molecule has 1 fully saturated rings. The van der Waals surface area contributed by atoms with E-state index in [0.29, 0.717) is 18.7 Å². The molecule has 4 aromatic rings. The minimum atomic E-state index is -0.194. The Bertz CT molecular complexity index is 1410. The van der Waals surface area contributed by atoms with Crippen molar-refractivity contribution in [3.8, 4) is 17.3 Å². The van der Waals surface area contributed by atoms with Gasteiger partial charge in [0.25, 0.3) is 0 Å². The molecule has 1 unspecified atom stereocenters. The fourth-order valence-electron chi connectivity index (χ4n) is 4.42. The fraction of sp³-hybridized carbons (Fsp3) is 0.318. The van der Waals surface area contributed by atoms with Crippen molar-refractivity contribution in [3.63, 3.8) is 0 Å². The summed E-state index contributed by atoms with van der Waals surface area (Å²) in [5.74, 6) is -0.194. The number of nitrogens with zero attached hydrogens (tertiary/aromatic N) is 7. The van der Waals surface area contributed by atoms with Crippen LogP contribution in [0.3, 0.4) is 0 Å². The molecule has 0 radical (unpaired) electrons. The largest absolute Gasteiger partial charge is 0.340 e. The summed E-state index contributed by atoms with van der Waals surface area (Å²) in [5, 5.41) is 13.3. The number of likely N-dealkylation sites (tertiary alicyclic amines) is 1. The molecular formula is C22H21N7O2. The van der Waals surface area contributed by atoms with Crippen molar-refractivity contribution in [2.45, 2.75) is 25.3 Å². The van der Waals surface area contributed by atoms with E-state index in [0.717, 1.165) is 35.1 Å². The molecule has 1 atom stereocenters. The number of aryl methyl sites for hydroxylation is 1. The Kier molecular flexibility index (Phi) is 4.55. The van der Waals surface area contributed by atoms with Crippen molar-refractivity contribution >= 4 is 22.6 Å². The van der Waals surface area contributed by atoms with Gasteiger partial charge in [-0.05, 0) is 37.1 Å². The quantitative estimate of drug-likeness (QED) is 0.510. The summed E-state index contributed by atoms with van der Waals surface area (Å²) in [5.41, 5.74) is 3.75. The van der Waals surface area contributed by atoms with E-state index in [-0.39, 0.29) is 24.1 Å². The number of nitriles is 1. The molecule has 4 aromatic heterocycles. The Morgan fingerprint density at radius 1 is 1.26 bits per heavy atom. The molecule has 156 valence electrons. The number of imidazole rings is 1. The van der Waals surface area contributed by atoms with E-state index in [1.165, 1.54) is 0 Å². The topological polar surface area (TPSA) is 101 Å². The van der Waals surface area contributed by atoms with Gasteiger partial charge < -0.3 is 4.90 Å². The lowest BCUT2D eigenvalue weighted by atomic mass is 10.1. The monoisotopic (exact) mass is 415 g/mol. The lowest BCUT2D eigenvalue weighted by molar-refractivity contribution is -0.131. The first-order chi connectivity index (χ1) is 15.1. The van der Waals surface area contributed by atoms with Crippen molar-refractivity contribution in [2.75, 3.05) is 13.1 Å².